The highest BCUT2D eigenvalue weighted by Gasteiger charge is 2.29. The van der Waals surface area contributed by atoms with Gasteiger partial charge in [-0.05, 0) is 37.3 Å². The standard InChI is InChI=1S/C19H26N4O2S/c1-3-6-15-12(4-2)9-16(26-15)19(25)23-8-5-7-13(11-23)17-14(18(20)24)10-21-22-17/h9-10,13H,3-8,11H2,1-2H3,(H2,20,24)(H,21,22). The van der Waals surface area contributed by atoms with E-state index in [-0.39, 0.29) is 11.8 Å². The van der Waals surface area contributed by atoms with Crippen LogP contribution in [0.4, 0.5) is 0 Å². The Labute approximate surface area is 157 Å². The number of nitrogens with zero attached hydrogens (tertiary/aromatic N) is 2. The van der Waals surface area contributed by atoms with Crippen LogP contribution in [0.1, 0.15) is 75.2 Å². The Morgan fingerprint density at radius 2 is 2.23 bits per heavy atom. The average Bonchev–Trinajstić information content (AvgIpc) is 3.28. The Morgan fingerprint density at radius 3 is 2.92 bits per heavy atom. The molecule has 6 nitrogen and oxygen atoms in total. The van der Waals surface area contributed by atoms with Crippen LogP contribution in [0, 0.1) is 0 Å². The van der Waals surface area contributed by atoms with Gasteiger partial charge < -0.3 is 10.6 Å². The molecule has 3 N–H and O–H groups in total. The van der Waals surface area contributed by atoms with Crippen molar-refractivity contribution in [2.75, 3.05) is 13.1 Å². The number of likely N-dealkylation sites (tertiary alicyclic amines) is 1. The highest BCUT2D eigenvalue weighted by Crippen LogP contribution is 2.31. The number of aromatic nitrogens is 2. The lowest BCUT2D eigenvalue weighted by Gasteiger charge is -2.32. The third-order valence-electron chi connectivity index (χ3n) is 5.02. The molecule has 1 atom stereocenters. The van der Waals surface area contributed by atoms with Gasteiger partial charge in [0.1, 0.15) is 0 Å². The number of hydrogen-bond acceptors (Lipinski definition) is 4. The van der Waals surface area contributed by atoms with E-state index in [9.17, 15) is 9.59 Å². The number of nitrogens with two attached hydrogens (primary N) is 1. The zero-order valence-electron chi connectivity index (χ0n) is 15.4. The molecule has 0 bridgehead atoms. The third-order valence-corrected chi connectivity index (χ3v) is 6.24. The molecule has 0 spiro atoms. The summed E-state index contributed by atoms with van der Waals surface area (Å²) in [5, 5.41) is 6.87. The number of rotatable bonds is 6. The molecule has 3 heterocycles. The molecular formula is C19H26N4O2S. The third kappa shape index (κ3) is 3.67. The predicted octanol–water partition coefficient (Wildman–Crippen LogP) is 3.10. The molecule has 1 aliphatic rings. The number of hydrogen-bond donors (Lipinski definition) is 2. The lowest BCUT2D eigenvalue weighted by atomic mass is 9.92. The summed E-state index contributed by atoms with van der Waals surface area (Å²) < 4.78 is 0. The van der Waals surface area contributed by atoms with Crippen molar-refractivity contribution in [3.8, 4) is 0 Å². The molecule has 0 radical (unpaired) electrons. The maximum Gasteiger partial charge on any atom is 0.263 e. The van der Waals surface area contributed by atoms with Crippen molar-refractivity contribution in [3.63, 3.8) is 0 Å². The Morgan fingerprint density at radius 1 is 1.42 bits per heavy atom. The van der Waals surface area contributed by atoms with Crippen molar-refractivity contribution in [1.82, 2.24) is 15.1 Å². The van der Waals surface area contributed by atoms with Gasteiger partial charge in [0.2, 0.25) is 0 Å². The first-order valence-corrected chi connectivity index (χ1v) is 10.1. The zero-order valence-corrected chi connectivity index (χ0v) is 16.2. The molecule has 2 amide bonds. The molecule has 2 aromatic heterocycles. The number of carbonyl (C=O) groups excluding carboxylic acids is 2. The molecule has 26 heavy (non-hydrogen) atoms. The average molecular weight is 375 g/mol. The molecule has 140 valence electrons. The van der Waals surface area contributed by atoms with Crippen LogP contribution < -0.4 is 5.73 Å². The van der Waals surface area contributed by atoms with Gasteiger partial charge >= 0.3 is 0 Å². The van der Waals surface area contributed by atoms with Crippen molar-refractivity contribution in [1.29, 1.82) is 0 Å². The fourth-order valence-corrected chi connectivity index (χ4v) is 4.99. The van der Waals surface area contributed by atoms with E-state index in [1.54, 1.807) is 11.3 Å². The van der Waals surface area contributed by atoms with Gasteiger partial charge in [0, 0.05) is 23.9 Å². The summed E-state index contributed by atoms with van der Waals surface area (Å²) in [7, 11) is 0. The van der Waals surface area contributed by atoms with Crippen LogP contribution in [0.3, 0.4) is 0 Å². The topological polar surface area (TPSA) is 92.1 Å². The number of piperidine rings is 1. The van der Waals surface area contributed by atoms with Crippen molar-refractivity contribution < 1.29 is 9.59 Å². The van der Waals surface area contributed by atoms with Gasteiger partial charge in [-0.1, -0.05) is 20.3 Å². The quantitative estimate of drug-likeness (QED) is 0.814. The van der Waals surface area contributed by atoms with Gasteiger partial charge in [-0.2, -0.15) is 5.10 Å². The number of H-pyrrole nitrogens is 1. The Kier molecular flexibility index (Phi) is 5.76. The summed E-state index contributed by atoms with van der Waals surface area (Å²) in [5.74, 6) is -0.317. The van der Waals surface area contributed by atoms with E-state index in [0.29, 0.717) is 12.1 Å². The molecule has 0 saturated carbocycles. The van der Waals surface area contributed by atoms with Crippen LogP contribution in [0.15, 0.2) is 12.3 Å². The second-order valence-electron chi connectivity index (χ2n) is 6.81. The van der Waals surface area contributed by atoms with Crippen LogP contribution in [-0.2, 0) is 12.8 Å². The lowest BCUT2D eigenvalue weighted by molar-refractivity contribution is 0.0710. The molecule has 0 aromatic carbocycles. The molecule has 0 aliphatic carbocycles. The summed E-state index contributed by atoms with van der Waals surface area (Å²) in [6.07, 6.45) is 6.36. The molecule has 1 unspecified atom stereocenters. The smallest absolute Gasteiger partial charge is 0.263 e. The molecule has 3 rings (SSSR count). The normalized spacial score (nSPS) is 17.5. The summed E-state index contributed by atoms with van der Waals surface area (Å²) in [5.41, 5.74) is 7.91. The molecule has 1 saturated heterocycles. The molecule has 2 aromatic rings. The largest absolute Gasteiger partial charge is 0.365 e. The van der Waals surface area contributed by atoms with Crippen molar-refractivity contribution >= 4 is 23.2 Å². The molecule has 1 fully saturated rings. The highest BCUT2D eigenvalue weighted by atomic mass is 32.1. The van der Waals surface area contributed by atoms with Gasteiger partial charge in [0.15, 0.2) is 0 Å². The number of thiophene rings is 1. The number of primary amides is 1. The summed E-state index contributed by atoms with van der Waals surface area (Å²) in [6.45, 7) is 5.63. The Balaban J connectivity index is 1.78. The predicted molar refractivity (Wildman–Crippen MR) is 103 cm³/mol. The Bertz CT molecular complexity index is 795. The maximum absolute atomic E-state index is 13.0. The van der Waals surface area contributed by atoms with E-state index in [1.807, 2.05) is 4.90 Å². The van der Waals surface area contributed by atoms with Crippen molar-refractivity contribution in [2.45, 2.75) is 51.9 Å². The first kappa shape index (κ1) is 18.6. The van der Waals surface area contributed by atoms with E-state index in [0.717, 1.165) is 49.2 Å². The van der Waals surface area contributed by atoms with Crippen LogP contribution >= 0.6 is 11.3 Å². The number of nitrogens with one attached hydrogen (secondary N) is 1. The van der Waals surface area contributed by atoms with Crippen molar-refractivity contribution in [2.24, 2.45) is 5.73 Å². The SMILES string of the molecule is CCCc1sc(C(=O)N2CCCC(c3[nH]ncc3C(N)=O)C2)cc1CC. The summed E-state index contributed by atoms with van der Waals surface area (Å²) >= 11 is 1.63. The summed E-state index contributed by atoms with van der Waals surface area (Å²) in [6, 6.07) is 2.06. The molecular weight excluding hydrogens is 348 g/mol. The lowest BCUT2D eigenvalue weighted by Crippen LogP contribution is -2.39. The minimum Gasteiger partial charge on any atom is -0.365 e. The molecule has 1 aliphatic heterocycles. The van der Waals surface area contributed by atoms with Gasteiger partial charge in [0.05, 0.1) is 22.3 Å². The first-order chi connectivity index (χ1) is 12.5. The second-order valence-corrected chi connectivity index (χ2v) is 7.95. The highest BCUT2D eigenvalue weighted by molar-refractivity contribution is 7.14. The van der Waals surface area contributed by atoms with E-state index >= 15 is 0 Å². The first-order valence-electron chi connectivity index (χ1n) is 9.29. The van der Waals surface area contributed by atoms with Gasteiger partial charge in [-0.15, -0.1) is 11.3 Å². The van der Waals surface area contributed by atoms with Crippen LogP contribution in [-0.4, -0.2) is 40.0 Å². The van der Waals surface area contributed by atoms with E-state index in [1.165, 1.54) is 16.6 Å². The van der Waals surface area contributed by atoms with Gasteiger partial charge in [-0.25, -0.2) is 0 Å². The minimum atomic E-state index is -0.479. The fourth-order valence-electron chi connectivity index (χ4n) is 3.67. The summed E-state index contributed by atoms with van der Waals surface area (Å²) in [4.78, 5) is 28.7. The van der Waals surface area contributed by atoms with Crippen LogP contribution in [0.2, 0.25) is 0 Å². The molecule has 7 heteroatoms. The van der Waals surface area contributed by atoms with E-state index in [4.69, 9.17) is 5.73 Å². The number of aryl methyl sites for hydroxylation is 2. The van der Waals surface area contributed by atoms with E-state index < -0.39 is 5.91 Å². The number of aromatic amines is 1. The fraction of sp³-hybridized carbons (Fsp3) is 0.526. The second kappa shape index (κ2) is 8.03. The van der Waals surface area contributed by atoms with Gasteiger partial charge in [0.25, 0.3) is 11.8 Å². The maximum atomic E-state index is 13.0. The van der Waals surface area contributed by atoms with Crippen LogP contribution in [0.25, 0.3) is 0 Å². The van der Waals surface area contributed by atoms with E-state index in [2.05, 4.69) is 30.1 Å². The zero-order chi connectivity index (χ0) is 18.7. The van der Waals surface area contributed by atoms with Gasteiger partial charge in [-0.3, -0.25) is 14.7 Å². The number of carbonyl (C=O) groups is 2. The number of amides is 2. The Hall–Kier alpha value is -2.15. The van der Waals surface area contributed by atoms with Crippen LogP contribution in [0.5, 0.6) is 0 Å². The monoisotopic (exact) mass is 374 g/mol. The van der Waals surface area contributed by atoms with Crippen molar-refractivity contribution in [3.05, 3.63) is 38.8 Å². The minimum absolute atomic E-state index is 0.0680.